The molecule has 1 aliphatic rings. The highest BCUT2D eigenvalue weighted by molar-refractivity contribution is 5.73. The van der Waals surface area contributed by atoms with Crippen LogP contribution < -0.4 is 4.74 Å². The molecule has 2 aromatic carbocycles. The largest absolute Gasteiger partial charge is 0.573 e. The van der Waals surface area contributed by atoms with Gasteiger partial charge in [0.25, 0.3) is 0 Å². The van der Waals surface area contributed by atoms with E-state index < -0.39 is 6.36 Å². The summed E-state index contributed by atoms with van der Waals surface area (Å²) in [4.78, 5) is 7.18. The fraction of sp³-hybridized carbons (Fsp3) is 0.250. The maximum atomic E-state index is 12.5. The molecule has 1 aliphatic heterocycles. The predicted octanol–water partition coefficient (Wildman–Crippen LogP) is 7.71. The molecule has 4 rings (SSSR count). The number of rotatable bonds is 4. The van der Waals surface area contributed by atoms with Crippen molar-refractivity contribution in [1.82, 2.24) is 9.88 Å². The van der Waals surface area contributed by atoms with E-state index in [2.05, 4.69) is 60.8 Å². The molecule has 0 aliphatic carbocycles. The standard InChI is InChI=1S/C28H27F3N2O/c1-19-17-22(20-13-15-23(16-14-20)34-28(29,30)31)18-24(32-19)26-12-8-11-25(33(26)27(2,3)4)21-9-6-5-7-10-21/h5-18,25H,1-4H3. The van der Waals surface area contributed by atoms with Crippen molar-refractivity contribution in [3.05, 3.63) is 102 Å². The Hall–Kier alpha value is -3.54. The smallest absolute Gasteiger partial charge is 0.406 e. The Morgan fingerprint density at radius 1 is 0.882 bits per heavy atom. The van der Waals surface area contributed by atoms with Crippen molar-refractivity contribution >= 4 is 5.70 Å². The first kappa shape index (κ1) is 23.6. The molecule has 1 aromatic heterocycles. The third kappa shape index (κ3) is 5.33. The second-order valence-electron chi connectivity index (χ2n) is 9.29. The predicted molar refractivity (Wildman–Crippen MR) is 129 cm³/mol. The van der Waals surface area contributed by atoms with E-state index in [1.54, 1.807) is 12.1 Å². The van der Waals surface area contributed by atoms with Crippen LogP contribution in [0, 0.1) is 6.92 Å². The molecule has 0 N–H and O–H groups in total. The minimum atomic E-state index is -4.71. The summed E-state index contributed by atoms with van der Waals surface area (Å²) in [6, 6.07) is 20.2. The van der Waals surface area contributed by atoms with Crippen LogP contribution in [-0.2, 0) is 0 Å². The van der Waals surface area contributed by atoms with E-state index in [4.69, 9.17) is 4.98 Å². The van der Waals surface area contributed by atoms with Crippen molar-refractivity contribution in [2.24, 2.45) is 0 Å². The zero-order valence-electron chi connectivity index (χ0n) is 19.6. The number of hydrogen-bond donors (Lipinski definition) is 0. The van der Waals surface area contributed by atoms with E-state index in [0.29, 0.717) is 0 Å². The van der Waals surface area contributed by atoms with Gasteiger partial charge in [0.1, 0.15) is 5.75 Å². The van der Waals surface area contributed by atoms with Crippen molar-refractivity contribution in [2.45, 2.75) is 45.6 Å². The van der Waals surface area contributed by atoms with Gasteiger partial charge in [0, 0.05) is 11.2 Å². The summed E-state index contributed by atoms with van der Waals surface area (Å²) in [5, 5.41) is 0. The van der Waals surface area contributed by atoms with Crippen molar-refractivity contribution in [3.63, 3.8) is 0 Å². The average molecular weight is 465 g/mol. The minimum Gasteiger partial charge on any atom is -0.406 e. The van der Waals surface area contributed by atoms with Crippen LogP contribution in [0.2, 0.25) is 0 Å². The fourth-order valence-corrected chi connectivity index (χ4v) is 4.28. The molecule has 6 heteroatoms. The Bertz CT molecular complexity index is 1210. The molecule has 3 aromatic rings. The molecule has 0 spiro atoms. The van der Waals surface area contributed by atoms with Crippen LogP contribution in [0.25, 0.3) is 16.8 Å². The van der Waals surface area contributed by atoms with Gasteiger partial charge in [0.05, 0.1) is 17.4 Å². The quantitative estimate of drug-likeness (QED) is 0.395. The lowest BCUT2D eigenvalue weighted by atomic mass is 9.92. The number of halogens is 3. The van der Waals surface area contributed by atoms with Crippen LogP contribution in [0.1, 0.15) is 43.8 Å². The summed E-state index contributed by atoms with van der Waals surface area (Å²) >= 11 is 0. The zero-order chi connectivity index (χ0) is 24.5. The number of benzene rings is 2. The molecule has 0 radical (unpaired) electrons. The molecule has 0 saturated heterocycles. The Kier molecular flexibility index (Phi) is 6.26. The topological polar surface area (TPSA) is 25.4 Å². The average Bonchev–Trinajstić information content (AvgIpc) is 2.77. The monoisotopic (exact) mass is 464 g/mol. The number of alkyl halides is 3. The third-order valence-electron chi connectivity index (χ3n) is 5.59. The summed E-state index contributed by atoms with van der Waals surface area (Å²) in [7, 11) is 0. The molecular formula is C28H27F3N2O. The second-order valence-corrected chi connectivity index (χ2v) is 9.29. The van der Waals surface area contributed by atoms with Gasteiger partial charge >= 0.3 is 6.36 Å². The Balaban J connectivity index is 1.73. The lowest BCUT2D eigenvalue weighted by Crippen LogP contribution is -2.43. The van der Waals surface area contributed by atoms with E-state index in [9.17, 15) is 13.2 Å². The SMILES string of the molecule is Cc1cc(-c2ccc(OC(F)(F)F)cc2)cc(C2=CC=CC(c3ccccc3)N2C(C)(C)C)n1. The maximum absolute atomic E-state index is 12.5. The molecule has 0 amide bonds. The maximum Gasteiger partial charge on any atom is 0.573 e. The van der Waals surface area contributed by atoms with E-state index >= 15 is 0 Å². The molecule has 2 heterocycles. The first-order chi connectivity index (χ1) is 16.0. The van der Waals surface area contributed by atoms with Crippen molar-refractivity contribution < 1.29 is 17.9 Å². The number of hydrogen-bond acceptors (Lipinski definition) is 3. The lowest BCUT2D eigenvalue weighted by Gasteiger charge is -2.45. The number of ether oxygens (including phenoxy) is 1. The summed E-state index contributed by atoms with van der Waals surface area (Å²) in [6.45, 7) is 8.44. The summed E-state index contributed by atoms with van der Waals surface area (Å²) in [5.41, 5.74) is 5.28. The van der Waals surface area contributed by atoms with Gasteiger partial charge in [-0.3, -0.25) is 4.98 Å². The van der Waals surface area contributed by atoms with Gasteiger partial charge in [-0.05, 0) is 74.7 Å². The van der Waals surface area contributed by atoms with Crippen LogP contribution in [0.4, 0.5) is 13.2 Å². The molecular weight excluding hydrogens is 437 g/mol. The zero-order valence-corrected chi connectivity index (χ0v) is 19.6. The van der Waals surface area contributed by atoms with Crippen molar-refractivity contribution in [3.8, 4) is 16.9 Å². The molecule has 0 bridgehead atoms. The third-order valence-corrected chi connectivity index (χ3v) is 5.59. The molecule has 3 nitrogen and oxygen atoms in total. The lowest BCUT2D eigenvalue weighted by molar-refractivity contribution is -0.274. The van der Waals surface area contributed by atoms with Gasteiger partial charge in [0.2, 0.25) is 0 Å². The van der Waals surface area contributed by atoms with E-state index in [-0.39, 0.29) is 17.3 Å². The summed E-state index contributed by atoms with van der Waals surface area (Å²) in [5.74, 6) is -0.244. The first-order valence-corrected chi connectivity index (χ1v) is 11.1. The van der Waals surface area contributed by atoms with Gasteiger partial charge in [-0.25, -0.2) is 0 Å². The summed E-state index contributed by atoms with van der Waals surface area (Å²) < 4.78 is 41.6. The van der Waals surface area contributed by atoms with Crippen LogP contribution in [-0.4, -0.2) is 21.8 Å². The van der Waals surface area contributed by atoms with Gasteiger partial charge in [-0.15, -0.1) is 13.2 Å². The highest BCUT2D eigenvalue weighted by atomic mass is 19.4. The Labute approximate surface area is 198 Å². The number of aryl methyl sites for hydroxylation is 1. The molecule has 176 valence electrons. The molecule has 0 saturated carbocycles. The Morgan fingerprint density at radius 2 is 1.56 bits per heavy atom. The van der Waals surface area contributed by atoms with Gasteiger partial charge in [-0.2, -0.15) is 0 Å². The Morgan fingerprint density at radius 3 is 2.18 bits per heavy atom. The van der Waals surface area contributed by atoms with Gasteiger partial charge < -0.3 is 9.64 Å². The number of pyridine rings is 1. The highest BCUT2D eigenvalue weighted by Gasteiger charge is 2.33. The normalized spacial score (nSPS) is 16.4. The number of nitrogens with zero attached hydrogens (tertiary/aromatic N) is 2. The van der Waals surface area contributed by atoms with Crippen molar-refractivity contribution in [1.29, 1.82) is 0 Å². The van der Waals surface area contributed by atoms with E-state index in [1.807, 2.05) is 37.3 Å². The van der Waals surface area contributed by atoms with Crippen LogP contribution in [0.15, 0.2) is 85.0 Å². The number of allylic oxidation sites excluding steroid dienone is 2. The van der Waals surface area contributed by atoms with E-state index in [1.165, 1.54) is 17.7 Å². The molecule has 1 unspecified atom stereocenters. The van der Waals surface area contributed by atoms with E-state index in [0.717, 1.165) is 28.2 Å². The van der Waals surface area contributed by atoms with Crippen LogP contribution >= 0.6 is 0 Å². The number of aromatic nitrogens is 1. The summed E-state index contributed by atoms with van der Waals surface area (Å²) in [6.07, 6.45) is 1.59. The second kappa shape index (κ2) is 9.01. The minimum absolute atomic E-state index is 0.0470. The molecule has 34 heavy (non-hydrogen) atoms. The van der Waals surface area contributed by atoms with Crippen molar-refractivity contribution in [2.75, 3.05) is 0 Å². The highest BCUT2D eigenvalue weighted by Crippen LogP contribution is 2.40. The fourth-order valence-electron chi connectivity index (χ4n) is 4.28. The van der Waals surface area contributed by atoms with Crippen LogP contribution in [0.3, 0.4) is 0 Å². The van der Waals surface area contributed by atoms with Crippen LogP contribution in [0.5, 0.6) is 5.75 Å². The van der Waals surface area contributed by atoms with Gasteiger partial charge in [-0.1, -0.05) is 54.6 Å². The molecule has 0 fully saturated rings. The van der Waals surface area contributed by atoms with Gasteiger partial charge in [0.15, 0.2) is 0 Å². The molecule has 1 atom stereocenters. The first-order valence-electron chi connectivity index (χ1n) is 11.1.